The van der Waals surface area contributed by atoms with Gasteiger partial charge in [0.1, 0.15) is 0 Å². The van der Waals surface area contributed by atoms with Gasteiger partial charge in [0.05, 0.1) is 0 Å². The Morgan fingerprint density at radius 1 is 0.500 bits per heavy atom. The fraction of sp³-hybridized carbons (Fsp3) is 0.0833. The molecule has 0 nitrogen and oxygen atoms in total. The molecule has 0 N–H and O–H groups in total. The van der Waals surface area contributed by atoms with Gasteiger partial charge in [-0.1, -0.05) is 72.8 Å². The van der Waals surface area contributed by atoms with Gasteiger partial charge in [-0.15, -0.1) is 0 Å². The standard InChI is InChI=1S/C24H16/c1-4-8-19-15(5-1)9-10-17-14-23-21(24(17)19)12-11-20-18-7-3-2-6-16(18)13-22(20)23/h1-12H,13-14H2. The minimum atomic E-state index is 1.08. The van der Waals surface area contributed by atoms with Gasteiger partial charge in [-0.2, -0.15) is 0 Å². The second-order valence-corrected chi connectivity index (χ2v) is 6.95. The molecule has 24 heavy (non-hydrogen) atoms. The average Bonchev–Trinajstić information content (AvgIpc) is 3.20. The van der Waals surface area contributed by atoms with E-state index in [1.807, 2.05) is 0 Å². The minimum Gasteiger partial charge on any atom is -0.0619 e. The van der Waals surface area contributed by atoms with E-state index in [2.05, 4.69) is 72.8 Å². The molecule has 2 aliphatic carbocycles. The van der Waals surface area contributed by atoms with Gasteiger partial charge in [-0.25, -0.2) is 0 Å². The van der Waals surface area contributed by atoms with Crippen molar-refractivity contribution in [2.45, 2.75) is 12.8 Å². The fourth-order valence-corrected chi connectivity index (χ4v) is 4.68. The maximum Gasteiger partial charge on any atom is -0.00101 e. The Hall–Kier alpha value is -2.86. The number of benzene rings is 4. The van der Waals surface area contributed by atoms with Gasteiger partial charge in [0.2, 0.25) is 0 Å². The van der Waals surface area contributed by atoms with Crippen LogP contribution in [-0.2, 0) is 12.8 Å². The first-order valence-electron chi connectivity index (χ1n) is 8.64. The Morgan fingerprint density at radius 2 is 1.25 bits per heavy atom. The molecule has 0 saturated heterocycles. The maximum atomic E-state index is 2.36. The van der Waals surface area contributed by atoms with E-state index in [1.54, 1.807) is 11.1 Å². The second-order valence-electron chi connectivity index (χ2n) is 6.95. The predicted octanol–water partition coefficient (Wildman–Crippen LogP) is 5.98. The van der Waals surface area contributed by atoms with Crippen LogP contribution in [0.1, 0.15) is 22.3 Å². The zero-order chi connectivity index (χ0) is 15.7. The summed E-state index contributed by atoms with van der Waals surface area (Å²) in [7, 11) is 0. The molecule has 0 aromatic heterocycles. The highest BCUT2D eigenvalue weighted by atomic mass is 14.3. The van der Waals surface area contributed by atoms with Gasteiger partial charge in [0.15, 0.2) is 0 Å². The summed E-state index contributed by atoms with van der Waals surface area (Å²) in [5, 5.41) is 2.73. The van der Waals surface area contributed by atoms with Crippen LogP contribution in [0.2, 0.25) is 0 Å². The first kappa shape index (κ1) is 12.5. The lowest BCUT2D eigenvalue weighted by Gasteiger charge is -2.09. The Labute approximate surface area is 141 Å². The molecule has 0 aliphatic heterocycles. The third kappa shape index (κ3) is 1.48. The highest BCUT2D eigenvalue weighted by Gasteiger charge is 2.28. The first-order chi connectivity index (χ1) is 11.9. The van der Waals surface area contributed by atoms with Gasteiger partial charge in [-0.3, -0.25) is 0 Å². The third-order valence-electron chi connectivity index (χ3n) is 5.76. The quantitative estimate of drug-likeness (QED) is 0.324. The summed E-state index contributed by atoms with van der Waals surface area (Å²) in [5.41, 5.74) is 11.8. The van der Waals surface area contributed by atoms with Crippen molar-refractivity contribution in [2.24, 2.45) is 0 Å². The van der Waals surface area contributed by atoms with E-state index in [1.165, 1.54) is 44.2 Å². The summed E-state index contributed by atoms with van der Waals surface area (Å²) in [5.74, 6) is 0. The Morgan fingerprint density at radius 3 is 2.25 bits per heavy atom. The van der Waals surface area contributed by atoms with Crippen LogP contribution >= 0.6 is 0 Å². The van der Waals surface area contributed by atoms with Crippen molar-refractivity contribution in [3.8, 4) is 22.3 Å². The molecule has 0 unspecified atom stereocenters. The third-order valence-corrected chi connectivity index (χ3v) is 5.76. The van der Waals surface area contributed by atoms with Crippen LogP contribution in [0.15, 0.2) is 72.8 Å². The molecule has 0 bridgehead atoms. The molecule has 0 heterocycles. The van der Waals surface area contributed by atoms with E-state index in [9.17, 15) is 0 Å². The average molecular weight is 304 g/mol. The lowest BCUT2D eigenvalue weighted by atomic mass is 9.95. The molecule has 0 spiro atoms. The van der Waals surface area contributed by atoms with Gasteiger partial charge in [-0.05, 0) is 68.1 Å². The van der Waals surface area contributed by atoms with Crippen LogP contribution in [0.5, 0.6) is 0 Å². The molecule has 112 valence electrons. The monoisotopic (exact) mass is 304 g/mol. The zero-order valence-electron chi connectivity index (χ0n) is 13.3. The van der Waals surface area contributed by atoms with E-state index in [4.69, 9.17) is 0 Å². The number of hydrogen-bond acceptors (Lipinski definition) is 0. The Bertz CT molecular complexity index is 1150. The molecule has 0 amide bonds. The van der Waals surface area contributed by atoms with Gasteiger partial charge >= 0.3 is 0 Å². The van der Waals surface area contributed by atoms with E-state index < -0.39 is 0 Å². The minimum absolute atomic E-state index is 1.08. The van der Waals surface area contributed by atoms with Crippen LogP contribution in [0.3, 0.4) is 0 Å². The van der Waals surface area contributed by atoms with Crippen molar-refractivity contribution in [3.05, 3.63) is 95.1 Å². The van der Waals surface area contributed by atoms with E-state index in [-0.39, 0.29) is 0 Å². The van der Waals surface area contributed by atoms with E-state index >= 15 is 0 Å². The maximum absolute atomic E-state index is 2.36. The van der Waals surface area contributed by atoms with Crippen molar-refractivity contribution in [2.75, 3.05) is 0 Å². The van der Waals surface area contributed by atoms with Crippen molar-refractivity contribution in [1.29, 1.82) is 0 Å². The topological polar surface area (TPSA) is 0 Å². The van der Waals surface area contributed by atoms with Gasteiger partial charge in [0.25, 0.3) is 0 Å². The van der Waals surface area contributed by atoms with Crippen molar-refractivity contribution < 1.29 is 0 Å². The lowest BCUT2D eigenvalue weighted by molar-refractivity contribution is 1.16. The zero-order valence-corrected chi connectivity index (χ0v) is 13.3. The molecular weight excluding hydrogens is 288 g/mol. The summed E-state index contributed by atoms with van der Waals surface area (Å²) in [6, 6.07) is 26.9. The first-order valence-corrected chi connectivity index (χ1v) is 8.64. The largest absolute Gasteiger partial charge is 0.0619 e. The van der Waals surface area contributed by atoms with Crippen LogP contribution < -0.4 is 0 Å². The molecule has 2 aliphatic rings. The molecule has 6 rings (SSSR count). The SMILES string of the molecule is c1ccc2c(c1)Cc1c-2ccc2c1Cc1ccc3ccccc3c1-2. The van der Waals surface area contributed by atoms with Crippen LogP contribution in [0.25, 0.3) is 33.0 Å². The second kappa shape index (κ2) is 4.36. The van der Waals surface area contributed by atoms with Crippen molar-refractivity contribution in [1.82, 2.24) is 0 Å². The van der Waals surface area contributed by atoms with Gasteiger partial charge < -0.3 is 0 Å². The molecule has 4 aromatic rings. The molecule has 0 saturated carbocycles. The molecule has 0 heteroatoms. The van der Waals surface area contributed by atoms with Crippen LogP contribution in [-0.4, -0.2) is 0 Å². The fourth-order valence-electron chi connectivity index (χ4n) is 4.68. The number of rotatable bonds is 0. The smallest absolute Gasteiger partial charge is 0.00101 e. The molecular formula is C24H16. The summed E-state index contributed by atoms with van der Waals surface area (Å²) < 4.78 is 0. The van der Waals surface area contributed by atoms with Crippen molar-refractivity contribution >= 4 is 10.8 Å². The normalized spacial score (nSPS) is 13.5. The summed E-state index contributed by atoms with van der Waals surface area (Å²) in [6.45, 7) is 0. The predicted molar refractivity (Wildman–Crippen MR) is 100 cm³/mol. The molecule has 4 aromatic carbocycles. The summed E-state index contributed by atoms with van der Waals surface area (Å²) >= 11 is 0. The van der Waals surface area contributed by atoms with Crippen molar-refractivity contribution in [3.63, 3.8) is 0 Å². The molecule has 0 radical (unpaired) electrons. The van der Waals surface area contributed by atoms with E-state index in [0.717, 1.165) is 12.8 Å². The summed E-state index contributed by atoms with van der Waals surface area (Å²) in [6.07, 6.45) is 2.16. The van der Waals surface area contributed by atoms with Crippen LogP contribution in [0.4, 0.5) is 0 Å². The highest BCUT2D eigenvalue weighted by molar-refractivity contribution is 6.02. The number of fused-ring (bicyclic) bond motifs is 9. The molecule has 0 fully saturated rings. The number of hydrogen-bond donors (Lipinski definition) is 0. The highest BCUT2D eigenvalue weighted by Crippen LogP contribution is 2.48. The Kier molecular flexibility index (Phi) is 2.28. The lowest BCUT2D eigenvalue weighted by Crippen LogP contribution is -1.90. The van der Waals surface area contributed by atoms with E-state index in [0.29, 0.717) is 0 Å². The Balaban J connectivity index is 1.65. The summed E-state index contributed by atoms with van der Waals surface area (Å²) in [4.78, 5) is 0. The van der Waals surface area contributed by atoms with Gasteiger partial charge in [0, 0.05) is 0 Å². The molecule has 0 atom stereocenters. The van der Waals surface area contributed by atoms with Crippen LogP contribution in [0, 0.1) is 0 Å².